The van der Waals surface area contributed by atoms with E-state index in [1.807, 2.05) is 0 Å². The summed E-state index contributed by atoms with van der Waals surface area (Å²) in [4.78, 5) is 12.0. The van der Waals surface area contributed by atoms with Gasteiger partial charge in [-0.25, -0.2) is 4.39 Å². The molecule has 112 valence electrons. The van der Waals surface area contributed by atoms with Gasteiger partial charge in [0, 0.05) is 9.85 Å². The molecule has 0 saturated heterocycles. The topological polar surface area (TPSA) is 55.1 Å². The Morgan fingerprint density at radius 2 is 2.05 bits per heavy atom. The maximum absolute atomic E-state index is 13.6. The molecule has 9 heteroatoms. The van der Waals surface area contributed by atoms with Crippen LogP contribution in [0.2, 0.25) is 0 Å². The summed E-state index contributed by atoms with van der Waals surface area (Å²) < 4.78 is 52.4. The number of carbonyl (C=O) groups is 1. The first-order valence-electron chi connectivity index (χ1n) is 5.40. The van der Waals surface area contributed by atoms with Crippen molar-refractivity contribution in [1.29, 1.82) is 0 Å². The van der Waals surface area contributed by atoms with Gasteiger partial charge in [-0.1, -0.05) is 0 Å². The molecule has 0 unspecified atom stereocenters. The Morgan fingerprint density at radius 1 is 1.38 bits per heavy atom. The van der Waals surface area contributed by atoms with Gasteiger partial charge in [-0.15, -0.1) is 0 Å². The number of thiophene rings is 1. The first kappa shape index (κ1) is 15.8. The average Bonchev–Trinajstić information content (AvgIpc) is 2.84. The van der Waals surface area contributed by atoms with E-state index in [9.17, 15) is 22.4 Å². The smallest absolute Gasteiger partial charge is 0.397 e. The van der Waals surface area contributed by atoms with Crippen molar-refractivity contribution in [3.05, 3.63) is 44.3 Å². The first-order valence-corrected chi connectivity index (χ1v) is 7.13. The van der Waals surface area contributed by atoms with Crippen LogP contribution in [-0.2, 0) is 6.18 Å². The second kappa shape index (κ2) is 5.64. The zero-order valence-electron chi connectivity index (χ0n) is 10.1. The summed E-state index contributed by atoms with van der Waals surface area (Å²) in [6.07, 6.45) is -5.04. The Balaban J connectivity index is 2.58. The van der Waals surface area contributed by atoms with Crippen LogP contribution in [0.25, 0.3) is 0 Å². The molecule has 0 atom stereocenters. The fourth-order valence-electron chi connectivity index (χ4n) is 1.68. The molecule has 1 amide bonds. The van der Waals surface area contributed by atoms with E-state index in [1.54, 1.807) is 5.38 Å². The monoisotopic (exact) mass is 382 g/mol. The fourth-order valence-corrected chi connectivity index (χ4v) is 2.66. The quantitative estimate of drug-likeness (QED) is 0.593. The number of halogens is 5. The molecule has 0 aliphatic carbocycles. The van der Waals surface area contributed by atoms with E-state index in [-0.39, 0.29) is 4.47 Å². The lowest BCUT2D eigenvalue weighted by atomic mass is 10.0. The van der Waals surface area contributed by atoms with Crippen LogP contribution in [0.4, 0.5) is 28.9 Å². The van der Waals surface area contributed by atoms with Crippen LogP contribution in [0.15, 0.2) is 27.4 Å². The highest BCUT2D eigenvalue weighted by Gasteiger charge is 2.40. The highest BCUT2D eigenvalue weighted by molar-refractivity contribution is 9.10. The molecule has 0 saturated carbocycles. The number of nitrogens with one attached hydrogen (secondary N) is 1. The predicted octanol–water partition coefficient (Wildman–Crippen LogP) is 4.50. The molecule has 0 aliphatic rings. The fraction of sp³-hybridized carbons (Fsp3) is 0.0833. The van der Waals surface area contributed by atoms with Gasteiger partial charge in [0.05, 0.1) is 16.9 Å². The number of benzene rings is 1. The maximum Gasteiger partial charge on any atom is 0.420 e. The standard InChI is InChI=1S/C12H7BrF4N2OS/c13-6-3-7(14)9(12(15,16)17)8(10(6)18)11(20)19-5-1-2-21-4-5/h1-4H,18H2,(H,19,20). The summed E-state index contributed by atoms with van der Waals surface area (Å²) in [6.45, 7) is 0. The van der Waals surface area contributed by atoms with Gasteiger partial charge >= 0.3 is 6.18 Å². The molecule has 1 aromatic heterocycles. The molecule has 1 heterocycles. The van der Waals surface area contributed by atoms with E-state index in [4.69, 9.17) is 5.73 Å². The molecule has 3 N–H and O–H groups in total. The third-order valence-electron chi connectivity index (χ3n) is 2.56. The van der Waals surface area contributed by atoms with Crippen molar-refractivity contribution >= 4 is 44.5 Å². The van der Waals surface area contributed by atoms with Crippen LogP contribution >= 0.6 is 27.3 Å². The summed E-state index contributed by atoms with van der Waals surface area (Å²) in [5.41, 5.74) is 2.71. The minimum Gasteiger partial charge on any atom is -0.397 e. The highest BCUT2D eigenvalue weighted by Crippen LogP contribution is 2.39. The molecule has 0 fully saturated rings. The van der Waals surface area contributed by atoms with Crippen LogP contribution in [0, 0.1) is 5.82 Å². The van der Waals surface area contributed by atoms with Crippen molar-refractivity contribution < 1.29 is 22.4 Å². The van der Waals surface area contributed by atoms with Crippen LogP contribution in [0.5, 0.6) is 0 Å². The molecular formula is C12H7BrF4N2OS. The van der Waals surface area contributed by atoms with Gasteiger partial charge in [-0.05, 0) is 33.4 Å². The van der Waals surface area contributed by atoms with Crippen molar-refractivity contribution in [2.24, 2.45) is 0 Å². The van der Waals surface area contributed by atoms with Crippen LogP contribution in [-0.4, -0.2) is 5.91 Å². The highest BCUT2D eigenvalue weighted by atomic mass is 79.9. The normalized spacial score (nSPS) is 11.5. The van der Waals surface area contributed by atoms with Gasteiger partial charge in [0.2, 0.25) is 0 Å². The second-order valence-electron chi connectivity index (χ2n) is 3.97. The molecule has 1 aromatic carbocycles. The van der Waals surface area contributed by atoms with Crippen molar-refractivity contribution in [3.63, 3.8) is 0 Å². The lowest BCUT2D eigenvalue weighted by Gasteiger charge is -2.16. The van der Waals surface area contributed by atoms with E-state index in [1.165, 1.54) is 22.8 Å². The van der Waals surface area contributed by atoms with Crippen LogP contribution in [0.1, 0.15) is 15.9 Å². The van der Waals surface area contributed by atoms with E-state index in [2.05, 4.69) is 21.2 Å². The molecule has 0 bridgehead atoms. The number of nitrogen functional groups attached to an aromatic ring is 1. The number of hydrogen-bond acceptors (Lipinski definition) is 3. The van der Waals surface area contributed by atoms with Gasteiger partial charge in [-0.3, -0.25) is 4.79 Å². The number of hydrogen-bond donors (Lipinski definition) is 2. The zero-order chi connectivity index (χ0) is 15.8. The minimum absolute atomic E-state index is 0.122. The summed E-state index contributed by atoms with van der Waals surface area (Å²) in [5, 5.41) is 5.40. The third kappa shape index (κ3) is 3.18. The molecule has 2 aromatic rings. The largest absolute Gasteiger partial charge is 0.420 e. The number of carbonyl (C=O) groups excluding carboxylic acids is 1. The number of anilines is 2. The van der Waals surface area contributed by atoms with Crippen molar-refractivity contribution in [2.75, 3.05) is 11.1 Å². The van der Waals surface area contributed by atoms with Gasteiger partial charge in [0.15, 0.2) is 0 Å². The molecular weight excluding hydrogens is 376 g/mol. The lowest BCUT2D eigenvalue weighted by molar-refractivity contribution is -0.140. The summed E-state index contributed by atoms with van der Waals surface area (Å²) >= 11 is 4.08. The van der Waals surface area contributed by atoms with Crippen molar-refractivity contribution in [1.82, 2.24) is 0 Å². The molecule has 0 radical (unpaired) electrons. The van der Waals surface area contributed by atoms with Crippen molar-refractivity contribution in [2.45, 2.75) is 6.18 Å². The van der Waals surface area contributed by atoms with E-state index >= 15 is 0 Å². The van der Waals surface area contributed by atoms with E-state index in [0.717, 1.165) is 0 Å². The summed E-state index contributed by atoms with van der Waals surface area (Å²) in [5.74, 6) is -2.70. The Bertz CT molecular complexity index is 686. The van der Waals surface area contributed by atoms with Gasteiger partial charge < -0.3 is 11.1 Å². The van der Waals surface area contributed by atoms with Gasteiger partial charge in [-0.2, -0.15) is 24.5 Å². The first-order chi connectivity index (χ1) is 9.71. The second-order valence-corrected chi connectivity index (χ2v) is 5.60. The Kier molecular flexibility index (Phi) is 4.24. The SMILES string of the molecule is Nc1c(Br)cc(F)c(C(F)(F)F)c1C(=O)Nc1ccsc1. The predicted molar refractivity (Wildman–Crippen MR) is 75.8 cm³/mol. The molecule has 3 nitrogen and oxygen atoms in total. The Hall–Kier alpha value is -1.61. The van der Waals surface area contributed by atoms with Gasteiger partial charge in [0.25, 0.3) is 5.91 Å². The van der Waals surface area contributed by atoms with E-state index < -0.39 is 34.7 Å². The van der Waals surface area contributed by atoms with E-state index in [0.29, 0.717) is 11.8 Å². The lowest BCUT2D eigenvalue weighted by Crippen LogP contribution is -2.22. The summed E-state index contributed by atoms with van der Waals surface area (Å²) in [6, 6.07) is 2.08. The third-order valence-corrected chi connectivity index (χ3v) is 3.90. The maximum atomic E-state index is 13.6. The van der Waals surface area contributed by atoms with Crippen LogP contribution < -0.4 is 11.1 Å². The molecule has 21 heavy (non-hydrogen) atoms. The number of rotatable bonds is 2. The molecule has 0 aliphatic heterocycles. The summed E-state index contributed by atoms with van der Waals surface area (Å²) in [7, 11) is 0. The van der Waals surface area contributed by atoms with Crippen LogP contribution in [0.3, 0.4) is 0 Å². The number of nitrogens with two attached hydrogens (primary N) is 1. The minimum atomic E-state index is -5.04. The molecule has 2 rings (SSSR count). The van der Waals surface area contributed by atoms with Gasteiger partial charge in [0.1, 0.15) is 11.4 Å². The Morgan fingerprint density at radius 3 is 2.57 bits per heavy atom. The van der Waals surface area contributed by atoms with Crippen molar-refractivity contribution in [3.8, 4) is 0 Å². The average molecular weight is 383 g/mol. The number of amides is 1. The molecule has 0 spiro atoms. The zero-order valence-corrected chi connectivity index (χ0v) is 12.5. The number of alkyl halides is 3. The Labute approximate surface area is 128 Å².